The fraction of sp³-hybridized carbons (Fsp3) is 0.588. The Balaban J connectivity index is 0.00000288. The maximum atomic E-state index is 12.3. The van der Waals surface area contributed by atoms with Crippen molar-refractivity contribution in [3.05, 3.63) is 30.3 Å². The highest BCUT2D eigenvalue weighted by molar-refractivity contribution is 14.0. The molecule has 0 bridgehead atoms. The molecule has 0 amide bonds. The summed E-state index contributed by atoms with van der Waals surface area (Å²) in [6.45, 7) is 9.48. The van der Waals surface area contributed by atoms with Gasteiger partial charge in [0, 0.05) is 19.6 Å². The Bertz CT molecular complexity index is 645. The lowest BCUT2D eigenvalue weighted by molar-refractivity contribution is 0.370. The van der Waals surface area contributed by atoms with Gasteiger partial charge in [0.15, 0.2) is 15.8 Å². The van der Waals surface area contributed by atoms with Gasteiger partial charge in [-0.1, -0.05) is 32.0 Å². The van der Waals surface area contributed by atoms with Gasteiger partial charge in [-0.05, 0) is 30.9 Å². The van der Waals surface area contributed by atoms with Crippen molar-refractivity contribution in [2.24, 2.45) is 10.4 Å². The molecule has 1 saturated heterocycles. The van der Waals surface area contributed by atoms with Gasteiger partial charge < -0.3 is 10.2 Å². The second kappa shape index (κ2) is 9.03. The van der Waals surface area contributed by atoms with Crippen LogP contribution in [0.25, 0.3) is 0 Å². The van der Waals surface area contributed by atoms with Crippen LogP contribution < -0.4 is 5.32 Å². The van der Waals surface area contributed by atoms with Gasteiger partial charge in [-0.2, -0.15) is 0 Å². The molecule has 0 radical (unpaired) electrons. The van der Waals surface area contributed by atoms with E-state index in [1.807, 2.05) is 13.0 Å². The van der Waals surface area contributed by atoms with Crippen LogP contribution in [0, 0.1) is 5.41 Å². The largest absolute Gasteiger partial charge is 0.357 e. The lowest BCUT2D eigenvalue weighted by atomic mass is 9.93. The smallest absolute Gasteiger partial charge is 0.193 e. The summed E-state index contributed by atoms with van der Waals surface area (Å²) in [5.41, 5.74) is 0.284. The summed E-state index contributed by atoms with van der Waals surface area (Å²) in [4.78, 5) is 7.11. The van der Waals surface area contributed by atoms with Crippen LogP contribution in [-0.4, -0.2) is 51.2 Å². The Morgan fingerprint density at radius 2 is 1.96 bits per heavy atom. The van der Waals surface area contributed by atoms with Crippen LogP contribution in [0.4, 0.5) is 0 Å². The summed E-state index contributed by atoms with van der Waals surface area (Å²) in [7, 11) is -3.27. The molecule has 2 rings (SSSR count). The predicted octanol–water partition coefficient (Wildman–Crippen LogP) is 2.78. The second-order valence-electron chi connectivity index (χ2n) is 6.70. The number of benzene rings is 1. The zero-order chi connectivity index (χ0) is 16.9. The van der Waals surface area contributed by atoms with Gasteiger partial charge in [-0.25, -0.2) is 8.42 Å². The molecule has 5 nitrogen and oxygen atoms in total. The van der Waals surface area contributed by atoms with Crippen LogP contribution in [0.1, 0.15) is 27.2 Å². The third-order valence-corrected chi connectivity index (χ3v) is 5.75. The number of hydrogen-bond donors (Lipinski definition) is 1. The molecule has 0 aromatic heterocycles. The van der Waals surface area contributed by atoms with Crippen molar-refractivity contribution in [2.75, 3.05) is 31.9 Å². The standard InChI is InChI=1S/C17H27N3O2S.HI/c1-4-18-16(20-12-10-17(2,3)14-20)19-11-13-23(21,22)15-8-6-5-7-9-15;/h5-9H,4,10-14H2,1-3H3,(H,18,19);1H. The Kier molecular flexibility index (Phi) is 7.98. The Morgan fingerprint density at radius 3 is 2.50 bits per heavy atom. The maximum absolute atomic E-state index is 12.3. The SMILES string of the molecule is CCNC(=NCCS(=O)(=O)c1ccccc1)N1CCC(C)(C)C1.I. The highest BCUT2D eigenvalue weighted by atomic mass is 127. The van der Waals surface area contributed by atoms with Crippen molar-refractivity contribution in [3.63, 3.8) is 0 Å². The molecule has 0 atom stereocenters. The minimum Gasteiger partial charge on any atom is -0.357 e. The maximum Gasteiger partial charge on any atom is 0.193 e. The first-order chi connectivity index (χ1) is 10.8. The summed E-state index contributed by atoms with van der Waals surface area (Å²) in [6.07, 6.45) is 1.12. The van der Waals surface area contributed by atoms with Gasteiger partial charge in [0.2, 0.25) is 0 Å². The molecule has 0 aliphatic carbocycles. The minimum atomic E-state index is -3.27. The normalized spacial score (nSPS) is 17.5. The van der Waals surface area contributed by atoms with Crippen molar-refractivity contribution >= 4 is 39.8 Å². The van der Waals surface area contributed by atoms with E-state index in [0.717, 1.165) is 32.0 Å². The molecular formula is C17H28IN3O2S. The van der Waals surface area contributed by atoms with Crippen LogP contribution in [0.3, 0.4) is 0 Å². The molecule has 1 aromatic carbocycles. The number of likely N-dealkylation sites (tertiary alicyclic amines) is 1. The number of guanidine groups is 1. The number of halogens is 1. The van der Waals surface area contributed by atoms with E-state index < -0.39 is 9.84 Å². The van der Waals surface area contributed by atoms with Crippen molar-refractivity contribution < 1.29 is 8.42 Å². The zero-order valence-corrected chi connectivity index (χ0v) is 17.8. The lowest BCUT2D eigenvalue weighted by Crippen LogP contribution is -2.41. The summed E-state index contributed by atoms with van der Waals surface area (Å²) < 4.78 is 24.6. The molecule has 136 valence electrons. The van der Waals surface area contributed by atoms with E-state index in [1.165, 1.54) is 0 Å². The molecule has 1 fully saturated rings. The van der Waals surface area contributed by atoms with E-state index in [-0.39, 0.29) is 41.7 Å². The monoisotopic (exact) mass is 465 g/mol. The first-order valence-electron chi connectivity index (χ1n) is 8.15. The molecule has 0 unspecified atom stereocenters. The average molecular weight is 465 g/mol. The Hall–Kier alpha value is -0.830. The highest BCUT2D eigenvalue weighted by Crippen LogP contribution is 2.28. The number of sulfone groups is 1. The number of nitrogens with zero attached hydrogens (tertiary/aromatic N) is 2. The Morgan fingerprint density at radius 1 is 1.29 bits per heavy atom. The molecule has 7 heteroatoms. The lowest BCUT2D eigenvalue weighted by Gasteiger charge is -2.23. The first kappa shape index (κ1) is 21.2. The van der Waals surface area contributed by atoms with Crippen LogP contribution in [0.5, 0.6) is 0 Å². The van der Waals surface area contributed by atoms with Gasteiger partial charge in [-0.3, -0.25) is 4.99 Å². The van der Waals surface area contributed by atoms with E-state index >= 15 is 0 Å². The fourth-order valence-electron chi connectivity index (χ4n) is 2.74. The van der Waals surface area contributed by atoms with Gasteiger partial charge in [0.25, 0.3) is 0 Å². The minimum absolute atomic E-state index is 0. The predicted molar refractivity (Wildman–Crippen MR) is 110 cm³/mol. The summed E-state index contributed by atoms with van der Waals surface area (Å²) in [5.74, 6) is 0.852. The average Bonchev–Trinajstić information content (AvgIpc) is 2.87. The quantitative estimate of drug-likeness (QED) is 0.413. The number of rotatable bonds is 5. The number of nitrogens with one attached hydrogen (secondary N) is 1. The molecule has 1 heterocycles. The van der Waals surface area contributed by atoms with Crippen molar-refractivity contribution in [1.29, 1.82) is 0 Å². The molecule has 1 aromatic rings. The van der Waals surface area contributed by atoms with Crippen LogP contribution in [-0.2, 0) is 9.84 Å². The third-order valence-electron chi connectivity index (χ3n) is 4.04. The van der Waals surface area contributed by atoms with Crippen LogP contribution in [0.2, 0.25) is 0 Å². The second-order valence-corrected chi connectivity index (χ2v) is 8.81. The molecular weight excluding hydrogens is 437 g/mol. The summed E-state index contributed by atoms with van der Waals surface area (Å²) in [5, 5.41) is 3.27. The molecule has 0 saturated carbocycles. The van der Waals surface area contributed by atoms with Crippen molar-refractivity contribution in [3.8, 4) is 0 Å². The Labute approximate surface area is 162 Å². The topological polar surface area (TPSA) is 61.8 Å². The van der Waals surface area contributed by atoms with Crippen LogP contribution >= 0.6 is 24.0 Å². The fourth-order valence-corrected chi connectivity index (χ4v) is 3.88. The third kappa shape index (κ3) is 5.91. The molecule has 1 aliphatic heterocycles. The van der Waals surface area contributed by atoms with Gasteiger partial charge in [-0.15, -0.1) is 24.0 Å². The van der Waals surface area contributed by atoms with E-state index in [2.05, 4.69) is 29.1 Å². The number of aliphatic imine (C=N–C) groups is 1. The molecule has 24 heavy (non-hydrogen) atoms. The first-order valence-corrected chi connectivity index (χ1v) is 9.80. The van der Waals surface area contributed by atoms with E-state index in [9.17, 15) is 8.42 Å². The van der Waals surface area contributed by atoms with Crippen molar-refractivity contribution in [2.45, 2.75) is 32.1 Å². The van der Waals surface area contributed by atoms with E-state index in [4.69, 9.17) is 0 Å². The van der Waals surface area contributed by atoms with Crippen LogP contribution in [0.15, 0.2) is 40.2 Å². The highest BCUT2D eigenvalue weighted by Gasteiger charge is 2.30. The molecule has 1 N–H and O–H groups in total. The summed E-state index contributed by atoms with van der Waals surface area (Å²) in [6, 6.07) is 8.56. The van der Waals surface area contributed by atoms with E-state index in [1.54, 1.807) is 24.3 Å². The van der Waals surface area contributed by atoms with Gasteiger partial charge in [0.05, 0.1) is 17.2 Å². The summed E-state index contributed by atoms with van der Waals surface area (Å²) >= 11 is 0. The number of hydrogen-bond acceptors (Lipinski definition) is 3. The van der Waals surface area contributed by atoms with Gasteiger partial charge >= 0.3 is 0 Å². The molecule has 1 aliphatic rings. The zero-order valence-electron chi connectivity index (χ0n) is 14.7. The van der Waals surface area contributed by atoms with Gasteiger partial charge in [0.1, 0.15) is 0 Å². The molecule has 0 spiro atoms. The van der Waals surface area contributed by atoms with E-state index in [0.29, 0.717) is 4.90 Å². The van der Waals surface area contributed by atoms with Crippen molar-refractivity contribution in [1.82, 2.24) is 10.2 Å².